The van der Waals surface area contributed by atoms with Gasteiger partial charge in [0.2, 0.25) is 0 Å². The van der Waals surface area contributed by atoms with Gasteiger partial charge in [0.15, 0.2) is 0 Å². The first-order chi connectivity index (χ1) is 9.52. The van der Waals surface area contributed by atoms with Crippen LogP contribution in [0, 0.1) is 5.92 Å². The topological polar surface area (TPSA) is 50.7 Å². The molecule has 0 radical (unpaired) electrons. The molecule has 0 aliphatic carbocycles. The van der Waals surface area contributed by atoms with Crippen molar-refractivity contribution in [2.75, 3.05) is 26.9 Å². The smallest absolute Gasteiger partial charge is 0.119 e. The fraction of sp³-hybridized carbons (Fsp3) is 0.600. The normalized spacial score (nSPS) is 14.3. The van der Waals surface area contributed by atoms with E-state index in [1.165, 1.54) is 0 Å². The lowest BCUT2D eigenvalue weighted by molar-refractivity contribution is 0.0901. The maximum absolute atomic E-state index is 9.93. The number of rotatable bonds is 9. The summed E-state index contributed by atoms with van der Waals surface area (Å²) in [4.78, 5) is 0. The van der Waals surface area contributed by atoms with E-state index in [9.17, 15) is 5.11 Å². The number of benzene rings is 1. The van der Waals surface area contributed by atoms with Crippen molar-refractivity contribution in [3.8, 4) is 5.75 Å². The SMILES string of the molecule is COCC(NCC(O)COc1ccc(Br)cc1)C(C)C. The van der Waals surface area contributed by atoms with Gasteiger partial charge in [-0.1, -0.05) is 29.8 Å². The Kier molecular flexibility index (Phi) is 8.14. The minimum atomic E-state index is -0.545. The average molecular weight is 346 g/mol. The van der Waals surface area contributed by atoms with Crippen molar-refractivity contribution in [1.29, 1.82) is 0 Å². The largest absolute Gasteiger partial charge is 0.491 e. The highest BCUT2D eigenvalue weighted by atomic mass is 79.9. The Balaban J connectivity index is 2.28. The van der Waals surface area contributed by atoms with Gasteiger partial charge < -0.3 is 19.9 Å². The van der Waals surface area contributed by atoms with Crippen molar-refractivity contribution in [1.82, 2.24) is 5.32 Å². The number of methoxy groups -OCH3 is 1. The van der Waals surface area contributed by atoms with E-state index in [2.05, 4.69) is 35.1 Å². The van der Waals surface area contributed by atoms with E-state index in [1.54, 1.807) is 7.11 Å². The molecular weight excluding hydrogens is 322 g/mol. The summed E-state index contributed by atoms with van der Waals surface area (Å²) in [6, 6.07) is 7.79. The molecule has 1 rings (SSSR count). The second-order valence-electron chi connectivity index (χ2n) is 5.13. The maximum atomic E-state index is 9.93. The Hall–Kier alpha value is -0.620. The van der Waals surface area contributed by atoms with Crippen LogP contribution in [-0.2, 0) is 4.74 Å². The number of nitrogens with one attached hydrogen (secondary N) is 1. The molecule has 2 atom stereocenters. The Morgan fingerprint density at radius 1 is 1.20 bits per heavy atom. The van der Waals surface area contributed by atoms with Crippen molar-refractivity contribution in [2.45, 2.75) is 26.0 Å². The monoisotopic (exact) mass is 345 g/mol. The molecule has 114 valence electrons. The minimum absolute atomic E-state index is 0.238. The van der Waals surface area contributed by atoms with Crippen LogP contribution in [0.15, 0.2) is 28.7 Å². The zero-order chi connectivity index (χ0) is 15.0. The number of aliphatic hydroxyl groups excluding tert-OH is 1. The summed E-state index contributed by atoms with van der Waals surface area (Å²) < 4.78 is 11.7. The number of halogens is 1. The van der Waals surface area contributed by atoms with Gasteiger partial charge in [-0.05, 0) is 30.2 Å². The highest BCUT2D eigenvalue weighted by molar-refractivity contribution is 9.10. The lowest BCUT2D eigenvalue weighted by Gasteiger charge is -2.23. The molecule has 5 heteroatoms. The summed E-state index contributed by atoms with van der Waals surface area (Å²) in [6.07, 6.45) is -0.545. The van der Waals surface area contributed by atoms with Crippen molar-refractivity contribution in [3.63, 3.8) is 0 Å². The Labute approximate surface area is 129 Å². The van der Waals surface area contributed by atoms with E-state index in [0.29, 0.717) is 19.1 Å². The van der Waals surface area contributed by atoms with Gasteiger partial charge in [-0.2, -0.15) is 0 Å². The first kappa shape index (κ1) is 17.4. The number of aliphatic hydroxyl groups is 1. The third-order valence-corrected chi connectivity index (χ3v) is 3.55. The maximum Gasteiger partial charge on any atom is 0.119 e. The molecule has 0 bridgehead atoms. The zero-order valence-electron chi connectivity index (χ0n) is 12.3. The number of ether oxygens (including phenoxy) is 2. The van der Waals surface area contributed by atoms with Crippen LogP contribution in [-0.4, -0.2) is 44.1 Å². The van der Waals surface area contributed by atoms with Crippen LogP contribution in [0.1, 0.15) is 13.8 Å². The van der Waals surface area contributed by atoms with Gasteiger partial charge in [0.25, 0.3) is 0 Å². The van der Waals surface area contributed by atoms with E-state index in [4.69, 9.17) is 9.47 Å². The molecule has 4 nitrogen and oxygen atoms in total. The predicted octanol–water partition coefficient (Wildman–Crippen LogP) is 2.45. The molecule has 0 spiro atoms. The van der Waals surface area contributed by atoms with E-state index >= 15 is 0 Å². The van der Waals surface area contributed by atoms with Crippen LogP contribution in [0.4, 0.5) is 0 Å². The highest BCUT2D eigenvalue weighted by Gasteiger charge is 2.14. The van der Waals surface area contributed by atoms with Crippen molar-refractivity contribution in [2.24, 2.45) is 5.92 Å². The van der Waals surface area contributed by atoms with Crippen molar-refractivity contribution in [3.05, 3.63) is 28.7 Å². The quantitative estimate of drug-likeness (QED) is 0.721. The van der Waals surface area contributed by atoms with E-state index in [0.717, 1.165) is 10.2 Å². The van der Waals surface area contributed by atoms with Gasteiger partial charge in [-0.25, -0.2) is 0 Å². The molecule has 20 heavy (non-hydrogen) atoms. The van der Waals surface area contributed by atoms with Gasteiger partial charge in [-0.15, -0.1) is 0 Å². The molecule has 0 aliphatic heterocycles. The third-order valence-electron chi connectivity index (χ3n) is 3.02. The van der Waals surface area contributed by atoms with Crippen LogP contribution in [0.25, 0.3) is 0 Å². The Morgan fingerprint density at radius 3 is 2.40 bits per heavy atom. The predicted molar refractivity (Wildman–Crippen MR) is 84.1 cm³/mol. The summed E-state index contributed by atoms with van der Waals surface area (Å²) in [5.41, 5.74) is 0. The highest BCUT2D eigenvalue weighted by Crippen LogP contribution is 2.16. The van der Waals surface area contributed by atoms with E-state index < -0.39 is 6.10 Å². The molecule has 2 N–H and O–H groups in total. The molecule has 1 aromatic carbocycles. The van der Waals surface area contributed by atoms with Crippen LogP contribution < -0.4 is 10.1 Å². The lowest BCUT2D eigenvalue weighted by atomic mass is 10.1. The molecule has 0 fully saturated rings. The van der Waals surface area contributed by atoms with Gasteiger partial charge in [0.1, 0.15) is 18.5 Å². The summed E-state index contributed by atoms with van der Waals surface area (Å²) in [7, 11) is 1.68. The first-order valence-corrected chi connectivity index (χ1v) is 7.61. The van der Waals surface area contributed by atoms with Crippen LogP contribution in [0.3, 0.4) is 0 Å². The van der Waals surface area contributed by atoms with Gasteiger partial charge in [-0.3, -0.25) is 0 Å². The first-order valence-electron chi connectivity index (χ1n) is 6.81. The van der Waals surface area contributed by atoms with Crippen LogP contribution >= 0.6 is 15.9 Å². The molecule has 0 aromatic heterocycles. The summed E-state index contributed by atoms with van der Waals surface area (Å²) in [5.74, 6) is 1.21. The molecule has 1 aromatic rings. The van der Waals surface area contributed by atoms with E-state index in [1.807, 2.05) is 24.3 Å². The summed E-state index contributed by atoms with van der Waals surface area (Å²) in [5, 5.41) is 13.2. The summed E-state index contributed by atoms with van der Waals surface area (Å²) >= 11 is 3.37. The average Bonchev–Trinajstić information content (AvgIpc) is 2.42. The number of hydrogen-bond donors (Lipinski definition) is 2. The fourth-order valence-electron chi connectivity index (χ4n) is 1.74. The molecule has 0 aliphatic rings. The molecule has 0 saturated heterocycles. The fourth-order valence-corrected chi connectivity index (χ4v) is 2.00. The molecular formula is C15H24BrNO3. The van der Waals surface area contributed by atoms with Gasteiger partial charge in [0, 0.05) is 24.2 Å². The van der Waals surface area contributed by atoms with Crippen molar-refractivity contribution >= 4 is 15.9 Å². The molecule has 0 amide bonds. The van der Waals surface area contributed by atoms with Gasteiger partial charge in [0.05, 0.1) is 6.61 Å². The van der Waals surface area contributed by atoms with Crippen molar-refractivity contribution < 1.29 is 14.6 Å². The zero-order valence-corrected chi connectivity index (χ0v) is 13.9. The molecule has 2 unspecified atom stereocenters. The van der Waals surface area contributed by atoms with Crippen LogP contribution in [0.5, 0.6) is 5.75 Å². The lowest BCUT2D eigenvalue weighted by Crippen LogP contribution is -2.43. The summed E-state index contributed by atoms with van der Waals surface area (Å²) in [6.45, 7) is 5.65. The Bertz CT molecular complexity index is 370. The van der Waals surface area contributed by atoms with Crippen LogP contribution in [0.2, 0.25) is 0 Å². The second kappa shape index (κ2) is 9.34. The Morgan fingerprint density at radius 2 is 1.85 bits per heavy atom. The minimum Gasteiger partial charge on any atom is -0.491 e. The van der Waals surface area contributed by atoms with Gasteiger partial charge >= 0.3 is 0 Å². The standard InChI is InChI=1S/C15H24BrNO3/c1-11(2)15(10-19-3)17-8-13(18)9-20-14-6-4-12(16)5-7-14/h4-7,11,13,15,17-18H,8-10H2,1-3H3. The molecule has 0 heterocycles. The van der Waals surface area contributed by atoms with E-state index in [-0.39, 0.29) is 12.6 Å². The number of hydrogen-bond acceptors (Lipinski definition) is 4. The second-order valence-corrected chi connectivity index (χ2v) is 6.05. The third kappa shape index (κ3) is 6.70. The molecule has 0 saturated carbocycles.